The van der Waals surface area contributed by atoms with Crippen LogP contribution in [0.2, 0.25) is 0 Å². The highest BCUT2D eigenvalue weighted by atomic mass is 35.5. The lowest BCUT2D eigenvalue weighted by Gasteiger charge is -2.33. The van der Waals surface area contributed by atoms with Crippen molar-refractivity contribution >= 4 is 29.1 Å². The van der Waals surface area contributed by atoms with Gasteiger partial charge in [-0.3, -0.25) is 14.5 Å². The van der Waals surface area contributed by atoms with Gasteiger partial charge in [0.1, 0.15) is 11.7 Å². The quantitative estimate of drug-likeness (QED) is 0.848. The Hall–Kier alpha value is -1.66. The van der Waals surface area contributed by atoms with E-state index in [2.05, 4.69) is 5.32 Å². The number of amides is 2. The maximum atomic E-state index is 12.8. The lowest BCUT2D eigenvalue weighted by atomic mass is 10.3. The molecule has 7 heteroatoms. The van der Waals surface area contributed by atoms with Crippen LogP contribution < -0.4 is 5.32 Å². The predicted molar refractivity (Wildman–Crippen MR) is 78.8 cm³/mol. The molecule has 0 saturated carbocycles. The Morgan fingerprint density at radius 2 is 1.76 bits per heavy atom. The number of halogens is 2. The number of benzene rings is 1. The maximum absolute atomic E-state index is 12.8. The second-order valence-corrected chi connectivity index (χ2v) is 5.11. The fraction of sp³-hybridized carbons (Fsp3) is 0.429. The third-order valence-electron chi connectivity index (χ3n) is 3.33. The normalized spacial score (nSPS) is 15.8. The van der Waals surface area contributed by atoms with Gasteiger partial charge in [-0.2, -0.15) is 0 Å². The van der Waals surface area contributed by atoms with Gasteiger partial charge in [-0.15, -0.1) is 11.6 Å². The fourth-order valence-corrected chi connectivity index (χ4v) is 2.35. The number of carbonyl (C=O) groups is 2. The van der Waals surface area contributed by atoms with Crippen LogP contribution >= 0.6 is 11.6 Å². The van der Waals surface area contributed by atoms with E-state index >= 15 is 0 Å². The number of alkyl halides is 1. The molecule has 1 N–H and O–H groups in total. The second kappa shape index (κ2) is 7.38. The monoisotopic (exact) mass is 313 g/mol. The van der Waals surface area contributed by atoms with E-state index in [0.29, 0.717) is 31.9 Å². The van der Waals surface area contributed by atoms with Gasteiger partial charge in [-0.05, 0) is 24.3 Å². The molecule has 0 atom stereocenters. The number of rotatable bonds is 4. The number of piperazine rings is 1. The Balaban J connectivity index is 1.76. The Kier molecular flexibility index (Phi) is 5.52. The topological polar surface area (TPSA) is 52.7 Å². The highest BCUT2D eigenvalue weighted by Crippen LogP contribution is 2.09. The average molecular weight is 314 g/mol. The van der Waals surface area contributed by atoms with E-state index in [1.54, 1.807) is 4.90 Å². The lowest BCUT2D eigenvalue weighted by Crippen LogP contribution is -2.50. The van der Waals surface area contributed by atoms with Gasteiger partial charge in [-0.25, -0.2) is 4.39 Å². The summed E-state index contributed by atoms with van der Waals surface area (Å²) in [5.74, 6) is -0.579. The van der Waals surface area contributed by atoms with E-state index in [0.717, 1.165) is 0 Å². The van der Waals surface area contributed by atoms with Crippen LogP contribution in [0.15, 0.2) is 24.3 Å². The fourth-order valence-electron chi connectivity index (χ4n) is 2.18. The third kappa shape index (κ3) is 4.68. The molecule has 1 saturated heterocycles. The van der Waals surface area contributed by atoms with Crippen LogP contribution in [0.25, 0.3) is 0 Å². The van der Waals surface area contributed by atoms with Crippen molar-refractivity contribution in [3.63, 3.8) is 0 Å². The third-order valence-corrected chi connectivity index (χ3v) is 3.56. The van der Waals surface area contributed by atoms with Gasteiger partial charge in [0, 0.05) is 31.9 Å². The molecule has 0 radical (unpaired) electrons. The molecular formula is C14H17ClFN3O2. The van der Waals surface area contributed by atoms with Crippen LogP contribution in [0, 0.1) is 5.82 Å². The Labute approximate surface area is 127 Å². The predicted octanol–water partition coefficient (Wildman–Crippen LogP) is 1.15. The highest BCUT2D eigenvalue weighted by molar-refractivity contribution is 6.27. The first kappa shape index (κ1) is 15.7. The molecule has 0 spiro atoms. The summed E-state index contributed by atoms with van der Waals surface area (Å²) >= 11 is 5.51. The molecule has 0 aliphatic carbocycles. The smallest absolute Gasteiger partial charge is 0.238 e. The van der Waals surface area contributed by atoms with Crippen LogP contribution in [0.1, 0.15) is 0 Å². The first-order valence-electron chi connectivity index (χ1n) is 6.70. The molecule has 1 aliphatic rings. The molecular weight excluding hydrogens is 297 g/mol. The van der Waals surface area contributed by atoms with Gasteiger partial charge in [0.25, 0.3) is 0 Å². The zero-order valence-electron chi connectivity index (χ0n) is 11.5. The van der Waals surface area contributed by atoms with Gasteiger partial charge in [0.05, 0.1) is 6.54 Å². The summed E-state index contributed by atoms with van der Waals surface area (Å²) in [6.07, 6.45) is 0. The Morgan fingerprint density at radius 1 is 1.14 bits per heavy atom. The average Bonchev–Trinajstić information content (AvgIpc) is 2.49. The van der Waals surface area contributed by atoms with Gasteiger partial charge >= 0.3 is 0 Å². The molecule has 5 nitrogen and oxygen atoms in total. The zero-order valence-corrected chi connectivity index (χ0v) is 12.3. The van der Waals surface area contributed by atoms with Crippen molar-refractivity contribution in [3.8, 4) is 0 Å². The van der Waals surface area contributed by atoms with Crippen molar-refractivity contribution in [1.29, 1.82) is 0 Å². The van der Waals surface area contributed by atoms with Crippen LogP contribution in [0.4, 0.5) is 10.1 Å². The van der Waals surface area contributed by atoms with Crippen molar-refractivity contribution < 1.29 is 14.0 Å². The minimum absolute atomic E-state index is 0.00888. The second-order valence-electron chi connectivity index (χ2n) is 4.85. The number of nitrogens with one attached hydrogen (secondary N) is 1. The van der Waals surface area contributed by atoms with Crippen LogP contribution in [-0.2, 0) is 9.59 Å². The molecule has 1 aromatic rings. The molecule has 0 unspecified atom stereocenters. The Bertz CT molecular complexity index is 501. The summed E-state index contributed by atoms with van der Waals surface area (Å²) < 4.78 is 12.8. The van der Waals surface area contributed by atoms with Crippen molar-refractivity contribution in [1.82, 2.24) is 9.80 Å². The molecule has 1 fully saturated rings. The van der Waals surface area contributed by atoms with Crippen molar-refractivity contribution in [2.24, 2.45) is 0 Å². The van der Waals surface area contributed by atoms with Gasteiger partial charge in [0.15, 0.2) is 0 Å². The summed E-state index contributed by atoms with van der Waals surface area (Å²) in [6, 6.07) is 5.63. The van der Waals surface area contributed by atoms with E-state index in [-0.39, 0.29) is 30.1 Å². The van der Waals surface area contributed by atoms with Crippen molar-refractivity contribution in [2.45, 2.75) is 0 Å². The standard InChI is InChI=1S/C14H17ClFN3O2/c15-9-14(21)19-7-5-18(6-8-19)10-13(20)17-12-3-1-11(16)2-4-12/h1-4H,5-10H2,(H,17,20). The Morgan fingerprint density at radius 3 is 2.33 bits per heavy atom. The first-order valence-corrected chi connectivity index (χ1v) is 7.23. The summed E-state index contributed by atoms with van der Waals surface area (Å²) in [4.78, 5) is 27.0. The largest absolute Gasteiger partial charge is 0.339 e. The molecule has 114 valence electrons. The van der Waals surface area contributed by atoms with E-state index < -0.39 is 0 Å². The van der Waals surface area contributed by atoms with Crippen LogP contribution in [0.5, 0.6) is 0 Å². The van der Waals surface area contributed by atoms with E-state index in [1.807, 2.05) is 4.90 Å². The minimum atomic E-state index is -0.340. The molecule has 0 bridgehead atoms. The van der Waals surface area contributed by atoms with Gasteiger partial charge in [0.2, 0.25) is 11.8 Å². The number of hydrogen-bond acceptors (Lipinski definition) is 3. The summed E-state index contributed by atoms with van der Waals surface area (Å²) in [7, 11) is 0. The highest BCUT2D eigenvalue weighted by Gasteiger charge is 2.21. The maximum Gasteiger partial charge on any atom is 0.238 e. The van der Waals surface area contributed by atoms with Crippen molar-refractivity contribution in [2.75, 3.05) is 43.9 Å². The van der Waals surface area contributed by atoms with E-state index in [1.165, 1.54) is 24.3 Å². The SMILES string of the molecule is O=C(CN1CCN(C(=O)CCl)CC1)Nc1ccc(F)cc1. The number of hydrogen-bond donors (Lipinski definition) is 1. The van der Waals surface area contributed by atoms with E-state index in [4.69, 9.17) is 11.6 Å². The van der Waals surface area contributed by atoms with Gasteiger partial charge < -0.3 is 10.2 Å². The number of carbonyl (C=O) groups excluding carboxylic acids is 2. The molecule has 1 heterocycles. The summed E-state index contributed by atoms with van der Waals surface area (Å²) in [5.41, 5.74) is 0.567. The molecule has 21 heavy (non-hydrogen) atoms. The molecule has 2 rings (SSSR count). The zero-order chi connectivity index (χ0) is 15.2. The molecule has 1 aromatic carbocycles. The molecule has 2 amide bonds. The molecule has 0 aromatic heterocycles. The summed E-state index contributed by atoms with van der Waals surface area (Å²) in [5, 5.41) is 2.71. The van der Waals surface area contributed by atoms with E-state index in [9.17, 15) is 14.0 Å². The first-order chi connectivity index (χ1) is 10.1. The number of anilines is 1. The molecule has 1 aliphatic heterocycles. The summed E-state index contributed by atoms with van der Waals surface area (Å²) in [6.45, 7) is 2.68. The van der Waals surface area contributed by atoms with Gasteiger partial charge in [-0.1, -0.05) is 0 Å². The van der Waals surface area contributed by atoms with Crippen molar-refractivity contribution in [3.05, 3.63) is 30.1 Å². The van der Waals surface area contributed by atoms with Crippen LogP contribution in [-0.4, -0.2) is 60.2 Å². The van der Waals surface area contributed by atoms with Crippen LogP contribution in [0.3, 0.4) is 0 Å². The minimum Gasteiger partial charge on any atom is -0.339 e. The number of nitrogens with zero attached hydrogens (tertiary/aromatic N) is 2. The lowest BCUT2D eigenvalue weighted by molar-refractivity contribution is -0.130.